The molecule has 1 atom stereocenters. The third-order valence-electron chi connectivity index (χ3n) is 3.17. The van der Waals surface area contributed by atoms with Gasteiger partial charge < -0.3 is 9.67 Å². The van der Waals surface area contributed by atoms with Crippen LogP contribution < -0.4 is 0 Å². The molecule has 2 rings (SSSR count). The highest BCUT2D eigenvalue weighted by Gasteiger charge is 2.14. The molecule has 0 saturated heterocycles. The predicted octanol–water partition coefficient (Wildman–Crippen LogP) is 3.05. The molecule has 4 nitrogen and oxygen atoms in total. The Morgan fingerprint density at radius 3 is 2.86 bits per heavy atom. The molecule has 0 radical (unpaired) electrons. The van der Waals surface area contributed by atoms with Crippen LogP contribution in [0.2, 0.25) is 0 Å². The highest BCUT2D eigenvalue weighted by Crippen LogP contribution is 2.26. The van der Waals surface area contributed by atoms with Gasteiger partial charge in [0.05, 0.1) is 6.10 Å². The van der Waals surface area contributed by atoms with Gasteiger partial charge >= 0.3 is 0 Å². The van der Waals surface area contributed by atoms with E-state index in [4.69, 9.17) is 0 Å². The first kappa shape index (κ1) is 15.7. The first-order valence-corrected chi connectivity index (χ1v) is 7.59. The van der Waals surface area contributed by atoms with Crippen LogP contribution >= 0.6 is 11.8 Å². The maximum absolute atomic E-state index is 13.1. The van der Waals surface area contributed by atoms with Crippen LogP contribution in [0, 0.1) is 19.7 Å². The van der Waals surface area contributed by atoms with Crippen LogP contribution in [0.3, 0.4) is 0 Å². The number of hydrogen-bond acceptors (Lipinski definition) is 4. The van der Waals surface area contributed by atoms with E-state index in [1.807, 2.05) is 11.5 Å². The SMILES string of the molecule is C=CCn1c(C)nnc1SCC(O)c1ccc(F)cc1C. The van der Waals surface area contributed by atoms with Crippen molar-refractivity contribution in [3.63, 3.8) is 0 Å². The minimum absolute atomic E-state index is 0.294. The molecule has 0 aliphatic rings. The lowest BCUT2D eigenvalue weighted by molar-refractivity contribution is 0.203. The van der Waals surface area contributed by atoms with E-state index in [2.05, 4.69) is 16.8 Å². The summed E-state index contributed by atoms with van der Waals surface area (Å²) < 4.78 is 15.0. The van der Waals surface area contributed by atoms with Gasteiger partial charge in [-0.05, 0) is 37.1 Å². The van der Waals surface area contributed by atoms with Crippen LogP contribution in [-0.2, 0) is 6.54 Å². The minimum Gasteiger partial charge on any atom is -0.388 e. The summed E-state index contributed by atoms with van der Waals surface area (Å²) in [5.41, 5.74) is 1.47. The molecule has 1 unspecified atom stereocenters. The van der Waals surface area contributed by atoms with Crippen LogP contribution in [0.1, 0.15) is 23.1 Å². The molecule has 112 valence electrons. The van der Waals surface area contributed by atoms with E-state index in [9.17, 15) is 9.50 Å². The number of aliphatic hydroxyl groups is 1. The van der Waals surface area contributed by atoms with E-state index in [1.54, 1.807) is 19.1 Å². The Morgan fingerprint density at radius 1 is 1.43 bits per heavy atom. The fourth-order valence-electron chi connectivity index (χ4n) is 2.06. The minimum atomic E-state index is -0.676. The Hall–Kier alpha value is -1.66. The number of rotatable bonds is 6. The summed E-state index contributed by atoms with van der Waals surface area (Å²) in [6.07, 6.45) is 1.10. The number of aryl methyl sites for hydroxylation is 2. The molecule has 0 spiro atoms. The third kappa shape index (κ3) is 3.71. The van der Waals surface area contributed by atoms with E-state index in [0.717, 1.165) is 22.1 Å². The number of allylic oxidation sites excluding steroid dienone is 1. The Kier molecular flexibility index (Phi) is 5.14. The van der Waals surface area contributed by atoms with Crippen molar-refractivity contribution in [2.45, 2.75) is 31.7 Å². The van der Waals surface area contributed by atoms with Crippen LogP contribution in [0.5, 0.6) is 0 Å². The van der Waals surface area contributed by atoms with Crippen molar-refractivity contribution in [3.05, 3.63) is 53.6 Å². The topological polar surface area (TPSA) is 50.9 Å². The average molecular weight is 307 g/mol. The van der Waals surface area contributed by atoms with Crippen LogP contribution in [0.25, 0.3) is 0 Å². The van der Waals surface area contributed by atoms with Crippen molar-refractivity contribution in [2.75, 3.05) is 5.75 Å². The maximum Gasteiger partial charge on any atom is 0.191 e. The molecule has 0 fully saturated rings. The average Bonchev–Trinajstić information content (AvgIpc) is 2.78. The normalized spacial score (nSPS) is 12.4. The smallest absolute Gasteiger partial charge is 0.191 e. The van der Waals surface area contributed by atoms with Crippen molar-refractivity contribution < 1.29 is 9.50 Å². The lowest BCUT2D eigenvalue weighted by Crippen LogP contribution is -2.05. The first-order valence-electron chi connectivity index (χ1n) is 6.60. The number of thioether (sulfide) groups is 1. The number of halogens is 1. The van der Waals surface area contributed by atoms with Gasteiger partial charge in [-0.1, -0.05) is 23.9 Å². The third-order valence-corrected chi connectivity index (χ3v) is 4.22. The number of aromatic nitrogens is 3. The van der Waals surface area contributed by atoms with E-state index < -0.39 is 6.10 Å². The molecule has 2 aromatic rings. The van der Waals surface area contributed by atoms with Crippen LogP contribution in [0.15, 0.2) is 36.0 Å². The second-order valence-corrected chi connectivity index (χ2v) is 5.74. The molecule has 21 heavy (non-hydrogen) atoms. The van der Waals surface area contributed by atoms with Crippen LogP contribution in [-0.4, -0.2) is 25.6 Å². The van der Waals surface area contributed by atoms with Gasteiger partial charge in [0.15, 0.2) is 5.16 Å². The summed E-state index contributed by atoms with van der Waals surface area (Å²) in [5, 5.41) is 19.1. The molecular weight excluding hydrogens is 289 g/mol. The lowest BCUT2D eigenvalue weighted by Gasteiger charge is -2.13. The Balaban J connectivity index is 2.07. The second-order valence-electron chi connectivity index (χ2n) is 4.76. The number of hydrogen-bond donors (Lipinski definition) is 1. The highest BCUT2D eigenvalue weighted by molar-refractivity contribution is 7.99. The molecule has 1 aromatic heterocycles. The van der Waals surface area contributed by atoms with Crippen LogP contribution in [0.4, 0.5) is 4.39 Å². The lowest BCUT2D eigenvalue weighted by atomic mass is 10.0. The predicted molar refractivity (Wildman–Crippen MR) is 81.8 cm³/mol. The number of benzene rings is 1. The summed E-state index contributed by atoms with van der Waals surface area (Å²) in [6, 6.07) is 4.41. The van der Waals surface area contributed by atoms with Crippen molar-refractivity contribution in [3.8, 4) is 0 Å². The Morgan fingerprint density at radius 2 is 2.19 bits per heavy atom. The van der Waals surface area contributed by atoms with Gasteiger partial charge in [-0.25, -0.2) is 4.39 Å². The highest BCUT2D eigenvalue weighted by atomic mass is 32.2. The fourth-order valence-corrected chi connectivity index (χ4v) is 3.01. The second kappa shape index (κ2) is 6.87. The quantitative estimate of drug-likeness (QED) is 0.658. The summed E-state index contributed by atoms with van der Waals surface area (Å²) in [7, 11) is 0. The largest absolute Gasteiger partial charge is 0.388 e. The molecule has 1 heterocycles. The summed E-state index contributed by atoms with van der Waals surface area (Å²) >= 11 is 1.42. The molecule has 0 aliphatic carbocycles. The first-order chi connectivity index (χ1) is 10.0. The van der Waals surface area contributed by atoms with Gasteiger partial charge in [0.25, 0.3) is 0 Å². The molecule has 0 amide bonds. The van der Waals surface area contributed by atoms with Crippen molar-refractivity contribution in [1.29, 1.82) is 0 Å². The molecule has 1 aromatic carbocycles. The van der Waals surface area contributed by atoms with Gasteiger partial charge in [0.1, 0.15) is 11.6 Å². The van der Waals surface area contributed by atoms with E-state index in [1.165, 1.54) is 23.9 Å². The Bertz CT molecular complexity index is 642. The molecular formula is C15H18FN3OS. The zero-order chi connectivity index (χ0) is 15.4. The molecule has 6 heteroatoms. The van der Waals surface area contributed by atoms with Gasteiger partial charge in [0, 0.05) is 12.3 Å². The summed E-state index contributed by atoms with van der Waals surface area (Å²) in [4.78, 5) is 0. The number of nitrogens with zero attached hydrogens (tertiary/aromatic N) is 3. The maximum atomic E-state index is 13.1. The van der Waals surface area contributed by atoms with E-state index in [-0.39, 0.29) is 5.82 Å². The van der Waals surface area contributed by atoms with Gasteiger partial charge in [-0.15, -0.1) is 16.8 Å². The standard InChI is InChI=1S/C15H18FN3OS/c1-4-7-19-11(3)17-18-15(19)21-9-14(20)13-6-5-12(16)8-10(13)2/h4-6,8,14,20H,1,7,9H2,2-3H3. The summed E-state index contributed by atoms with van der Waals surface area (Å²) in [5.74, 6) is 0.948. The molecule has 0 bridgehead atoms. The van der Waals surface area contributed by atoms with E-state index in [0.29, 0.717) is 12.3 Å². The molecule has 0 saturated carbocycles. The van der Waals surface area contributed by atoms with Crippen molar-refractivity contribution in [2.24, 2.45) is 0 Å². The van der Waals surface area contributed by atoms with Crippen molar-refractivity contribution in [1.82, 2.24) is 14.8 Å². The zero-order valence-corrected chi connectivity index (χ0v) is 12.9. The monoisotopic (exact) mass is 307 g/mol. The Labute approximate surface area is 127 Å². The van der Waals surface area contributed by atoms with Crippen molar-refractivity contribution >= 4 is 11.8 Å². The number of aliphatic hydroxyl groups excluding tert-OH is 1. The van der Waals surface area contributed by atoms with Gasteiger partial charge in [-0.2, -0.15) is 0 Å². The molecule has 0 aliphatic heterocycles. The zero-order valence-electron chi connectivity index (χ0n) is 12.1. The van der Waals surface area contributed by atoms with Gasteiger partial charge in [-0.3, -0.25) is 0 Å². The summed E-state index contributed by atoms with van der Waals surface area (Å²) in [6.45, 7) is 8.01. The molecule has 1 N–H and O–H groups in total. The van der Waals surface area contributed by atoms with E-state index >= 15 is 0 Å². The fraction of sp³-hybridized carbons (Fsp3) is 0.333. The van der Waals surface area contributed by atoms with Gasteiger partial charge in [0.2, 0.25) is 0 Å².